The lowest BCUT2D eigenvalue weighted by molar-refractivity contribution is -0.120. The summed E-state index contributed by atoms with van der Waals surface area (Å²) in [6.45, 7) is 6.20. The van der Waals surface area contributed by atoms with E-state index in [4.69, 9.17) is 11.6 Å². The molecule has 1 amide bonds. The van der Waals surface area contributed by atoms with Gasteiger partial charge in [-0.2, -0.15) is 0 Å². The van der Waals surface area contributed by atoms with Crippen LogP contribution in [0.15, 0.2) is 24.3 Å². The van der Waals surface area contributed by atoms with Gasteiger partial charge in [0.05, 0.1) is 6.54 Å². The lowest BCUT2D eigenvalue weighted by Crippen LogP contribution is -2.35. The molecule has 1 aromatic carbocycles. The topological polar surface area (TPSA) is 41.1 Å². The van der Waals surface area contributed by atoms with E-state index < -0.39 is 0 Å². The predicted octanol–water partition coefficient (Wildman–Crippen LogP) is 2.63. The molecular weight excluding hydrogens is 260 g/mol. The predicted molar refractivity (Wildman–Crippen MR) is 80.5 cm³/mol. The van der Waals surface area contributed by atoms with E-state index in [0.29, 0.717) is 12.5 Å². The molecule has 0 aliphatic carbocycles. The highest BCUT2D eigenvalue weighted by Crippen LogP contribution is 2.10. The van der Waals surface area contributed by atoms with Crippen molar-refractivity contribution >= 4 is 17.5 Å². The second-order valence-corrected chi connectivity index (χ2v) is 5.53. The average molecular weight is 283 g/mol. The lowest BCUT2D eigenvalue weighted by atomic mass is 10.1. The fourth-order valence-corrected chi connectivity index (χ4v) is 1.90. The first-order valence-electron chi connectivity index (χ1n) is 6.80. The van der Waals surface area contributed by atoms with E-state index in [0.717, 1.165) is 31.0 Å². The first-order valence-corrected chi connectivity index (χ1v) is 7.17. The molecule has 0 radical (unpaired) electrons. The van der Waals surface area contributed by atoms with E-state index in [2.05, 4.69) is 24.5 Å². The lowest BCUT2D eigenvalue weighted by Gasteiger charge is -2.08. The number of hydrogen-bond acceptors (Lipinski definition) is 2. The van der Waals surface area contributed by atoms with Crippen LogP contribution in [0.4, 0.5) is 0 Å². The first kappa shape index (κ1) is 16.0. The van der Waals surface area contributed by atoms with Gasteiger partial charge in [0.1, 0.15) is 0 Å². The molecule has 0 atom stereocenters. The number of carbonyl (C=O) groups is 1. The van der Waals surface area contributed by atoms with Gasteiger partial charge in [0, 0.05) is 11.6 Å². The molecule has 0 fully saturated rings. The molecule has 0 aliphatic rings. The Bertz CT molecular complexity index is 393. The number of halogens is 1. The summed E-state index contributed by atoms with van der Waals surface area (Å²) in [7, 11) is 0. The van der Waals surface area contributed by atoms with Gasteiger partial charge in [0.2, 0.25) is 5.91 Å². The molecule has 3 nitrogen and oxygen atoms in total. The molecule has 106 valence electrons. The fraction of sp³-hybridized carbons (Fsp3) is 0.533. The molecule has 0 saturated carbocycles. The zero-order valence-corrected chi connectivity index (χ0v) is 12.5. The van der Waals surface area contributed by atoms with Gasteiger partial charge < -0.3 is 10.6 Å². The quantitative estimate of drug-likeness (QED) is 0.720. The van der Waals surface area contributed by atoms with Crippen LogP contribution in [0.3, 0.4) is 0 Å². The molecule has 2 N–H and O–H groups in total. The van der Waals surface area contributed by atoms with Gasteiger partial charge in [-0.05, 0) is 43.0 Å². The third-order valence-corrected chi connectivity index (χ3v) is 3.04. The van der Waals surface area contributed by atoms with Gasteiger partial charge in [0.15, 0.2) is 0 Å². The standard InChI is InChI=1S/C15H23ClN2O/c1-12(2)6-9-18-15(19)11-17-8-7-13-4-3-5-14(16)10-13/h3-5,10,12,17H,6-9,11H2,1-2H3,(H,18,19). The number of hydrogen-bond donors (Lipinski definition) is 2. The van der Waals surface area contributed by atoms with E-state index in [-0.39, 0.29) is 5.91 Å². The maximum absolute atomic E-state index is 11.5. The smallest absolute Gasteiger partial charge is 0.233 e. The Morgan fingerprint density at radius 2 is 2.11 bits per heavy atom. The highest BCUT2D eigenvalue weighted by Gasteiger charge is 2.01. The van der Waals surface area contributed by atoms with Crippen molar-refractivity contribution in [3.63, 3.8) is 0 Å². The molecule has 19 heavy (non-hydrogen) atoms. The van der Waals surface area contributed by atoms with Crippen LogP contribution in [0, 0.1) is 5.92 Å². The van der Waals surface area contributed by atoms with Crippen LogP contribution in [0.5, 0.6) is 0 Å². The normalized spacial score (nSPS) is 10.7. The van der Waals surface area contributed by atoms with Crippen LogP contribution in [-0.4, -0.2) is 25.5 Å². The largest absolute Gasteiger partial charge is 0.355 e. The van der Waals surface area contributed by atoms with Crippen LogP contribution in [0.25, 0.3) is 0 Å². The van der Waals surface area contributed by atoms with Crippen molar-refractivity contribution in [3.8, 4) is 0 Å². The number of benzene rings is 1. The molecule has 1 aromatic rings. The third kappa shape index (κ3) is 7.85. The van der Waals surface area contributed by atoms with E-state index >= 15 is 0 Å². The fourth-order valence-electron chi connectivity index (χ4n) is 1.69. The Balaban J connectivity index is 2.08. The molecule has 0 unspecified atom stereocenters. The van der Waals surface area contributed by atoms with Crippen molar-refractivity contribution in [1.82, 2.24) is 10.6 Å². The van der Waals surface area contributed by atoms with E-state index in [1.54, 1.807) is 0 Å². The Kier molecular flexibility index (Phi) is 7.53. The van der Waals surface area contributed by atoms with Gasteiger partial charge in [0.25, 0.3) is 0 Å². The number of amides is 1. The molecule has 4 heteroatoms. The van der Waals surface area contributed by atoms with Gasteiger partial charge in [-0.1, -0.05) is 37.6 Å². The molecule has 1 rings (SSSR count). The minimum atomic E-state index is 0.0618. The number of carbonyl (C=O) groups excluding carboxylic acids is 1. The minimum Gasteiger partial charge on any atom is -0.355 e. The summed E-state index contributed by atoms with van der Waals surface area (Å²) in [4.78, 5) is 11.5. The molecule has 0 aliphatic heterocycles. The van der Waals surface area contributed by atoms with Crippen molar-refractivity contribution in [2.45, 2.75) is 26.7 Å². The molecule has 0 heterocycles. The Hall–Kier alpha value is -1.06. The summed E-state index contributed by atoms with van der Waals surface area (Å²) in [6, 6.07) is 7.79. The Labute approximate surface area is 120 Å². The summed E-state index contributed by atoms with van der Waals surface area (Å²) < 4.78 is 0. The monoisotopic (exact) mass is 282 g/mol. The third-order valence-electron chi connectivity index (χ3n) is 2.81. The zero-order chi connectivity index (χ0) is 14.1. The minimum absolute atomic E-state index is 0.0618. The molecule has 0 spiro atoms. The highest BCUT2D eigenvalue weighted by molar-refractivity contribution is 6.30. The summed E-state index contributed by atoms with van der Waals surface area (Å²) in [5.41, 5.74) is 1.18. The Morgan fingerprint density at radius 3 is 2.79 bits per heavy atom. The molecule has 0 saturated heterocycles. The maximum atomic E-state index is 11.5. The second-order valence-electron chi connectivity index (χ2n) is 5.09. The Morgan fingerprint density at radius 1 is 1.32 bits per heavy atom. The van der Waals surface area contributed by atoms with Crippen LogP contribution >= 0.6 is 11.6 Å². The molecule has 0 bridgehead atoms. The zero-order valence-electron chi connectivity index (χ0n) is 11.7. The van der Waals surface area contributed by atoms with Crippen molar-refractivity contribution in [1.29, 1.82) is 0 Å². The van der Waals surface area contributed by atoms with Gasteiger partial charge in [-0.3, -0.25) is 4.79 Å². The van der Waals surface area contributed by atoms with Gasteiger partial charge >= 0.3 is 0 Å². The van der Waals surface area contributed by atoms with Crippen LogP contribution in [0.1, 0.15) is 25.8 Å². The number of nitrogens with one attached hydrogen (secondary N) is 2. The van der Waals surface area contributed by atoms with E-state index in [1.165, 1.54) is 5.56 Å². The second kappa shape index (κ2) is 8.94. The summed E-state index contributed by atoms with van der Waals surface area (Å²) in [5, 5.41) is 6.79. The van der Waals surface area contributed by atoms with Crippen molar-refractivity contribution in [3.05, 3.63) is 34.9 Å². The van der Waals surface area contributed by atoms with Gasteiger partial charge in [-0.15, -0.1) is 0 Å². The highest BCUT2D eigenvalue weighted by atomic mass is 35.5. The molecule has 0 aromatic heterocycles. The summed E-state index contributed by atoms with van der Waals surface area (Å²) in [5.74, 6) is 0.683. The molecular formula is C15H23ClN2O. The van der Waals surface area contributed by atoms with Crippen LogP contribution < -0.4 is 10.6 Å². The SMILES string of the molecule is CC(C)CCNC(=O)CNCCc1cccc(Cl)c1. The van der Waals surface area contributed by atoms with Crippen LogP contribution in [-0.2, 0) is 11.2 Å². The van der Waals surface area contributed by atoms with Gasteiger partial charge in [-0.25, -0.2) is 0 Å². The maximum Gasteiger partial charge on any atom is 0.233 e. The van der Waals surface area contributed by atoms with Crippen molar-refractivity contribution < 1.29 is 4.79 Å². The van der Waals surface area contributed by atoms with Crippen molar-refractivity contribution in [2.75, 3.05) is 19.6 Å². The summed E-state index contributed by atoms with van der Waals surface area (Å²) >= 11 is 5.91. The van der Waals surface area contributed by atoms with Crippen molar-refractivity contribution in [2.24, 2.45) is 5.92 Å². The first-order chi connectivity index (χ1) is 9.08. The van der Waals surface area contributed by atoms with E-state index in [9.17, 15) is 4.79 Å². The van der Waals surface area contributed by atoms with Crippen LogP contribution in [0.2, 0.25) is 5.02 Å². The average Bonchev–Trinajstić information content (AvgIpc) is 2.34. The number of rotatable bonds is 8. The van der Waals surface area contributed by atoms with E-state index in [1.807, 2.05) is 24.3 Å². The summed E-state index contributed by atoms with van der Waals surface area (Å²) in [6.07, 6.45) is 1.90.